The van der Waals surface area contributed by atoms with Crippen molar-refractivity contribution in [2.24, 2.45) is 0 Å². The number of morpholine rings is 1. The molecule has 0 saturated carbocycles. The van der Waals surface area contributed by atoms with Crippen LogP contribution in [0.3, 0.4) is 0 Å². The minimum Gasteiger partial charge on any atom is -0.378 e. The molecule has 2 heterocycles. The van der Waals surface area contributed by atoms with Crippen LogP contribution in [0.1, 0.15) is 21.7 Å². The van der Waals surface area contributed by atoms with E-state index < -0.39 is 0 Å². The summed E-state index contributed by atoms with van der Waals surface area (Å²) >= 11 is 0. The molecule has 6 heteroatoms. The van der Waals surface area contributed by atoms with Gasteiger partial charge in [-0.05, 0) is 13.0 Å². The lowest BCUT2D eigenvalue weighted by Crippen LogP contribution is -2.36. The van der Waals surface area contributed by atoms with Crippen LogP contribution in [-0.4, -0.2) is 42.1 Å². The number of carbonyl (C=O) groups is 1. The first kappa shape index (κ1) is 16.6. The molecule has 0 atom stereocenters. The summed E-state index contributed by atoms with van der Waals surface area (Å²) in [5.41, 5.74) is 2.78. The maximum Gasteiger partial charge on any atom is 0.213 e. The van der Waals surface area contributed by atoms with Crippen molar-refractivity contribution in [1.29, 1.82) is 0 Å². The fourth-order valence-corrected chi connectivity index (χ4v) is 3.14. The van der Waals surface area contributed by atoms with E-state index in [0.29, 0.717) is 54.3 Å². The molecular weight excluding hydrogens is 333 g/mol. The van der Waals surface area contributed by atoms with Gasteiger partial charge >= 0.3 is 0 Å². The van der Waals surface area contributed by atoms with Crippen molar-refractivity contribution in [2.75, 3.05) is 31.2 Å². The third kappa shape index (κ3) is 3.04. The normalized spacial score (nSPS) is 14.6. The average Bonchev–Trinajstić information content (AvgIpc) is 2.68. The Morgan fingerprint density at radius 3 is 2.50 bits per heavy atom. The first-order chi connectivity index (χ1) is 12.6. The molecule has 3 aromatic rings. The van der Waals surface area contributed by atoms with Gasteiger partial charge in [0.05, 0.1) is 35.6 Å². The maximum atomic E-state index is 14.6. The lowest BCUT2D eigenvalue weighted by Gasteiger charge is -2.29. The zero-order chi connectivity index (χ0) is 18.1. The van der Waals surface area contributed by atoms with Gasteiger partial charge < -0.3 is 9.64 Å². The van der Waals surface area contributed by atoms with E-state index in [4.69, 9.17) is 4.74 Å². The van der Waals surface area contributed by atoms with Gasteiger partial charge in [-0.2, -0.15) is 0 Å². The second kappa shape index (κ2) is 6.80. The summed E-state index contributed by atoms with van der Waals surface area (Å²) in [5, 5.41) is 0. The van der Waals surface area contributed by atoms with Crippen LogP contribution in [0.5, 0.6) is 0 Å². The number of carbonyl (C=O) groups excluding carboxylic acids is 1. The van der Waals surface area contributed by atoms with E-state index in [1.165, 1.54) is 6.07 Å². The standard InChI is InChI=1S/C20H18FN3O2/c1-13-19(20(25)14-5-3-2-4-6-14)23-16-11-15(21)18(12-17(16)22-13)24-7-9-26-10-8-24/h2-6,11-12H,7-10H2,1H3. The third-order valence-corrected chi connectivity index (χ3v) is 4.51. The summed E-state index contributed by atoms with van der Waals surface area (Å²) in [6.07, 6.45) is 0. The molecule has 0 radical (unpaired) electrons. The molecule has 5 nitrogen and oxygen atoms in total. The lowest BCUT2D eigenvalue weighted by molar-refractivity contribution is 0.103. The molecule has 2 aromatic carbocycles. The van der Waals surface area contributed by atoms with Gasteiger partial charge in [-0.15, -0.1) is 0 Å². The molecule has 1 aromatic heterocycles. The first-order valence-corrected chi connectivity index (χ1v) is 8.54. The number of halogens is 1. The van der Waals surface area contributed by atoms with Crippen molar-refractivity contribution in [2.45, 2.75) is 6.92 Å². The van der Waals surface area contributed by atoms with Crippen LogP contribution in [0.4, 0.5) is 10.1 Å². The number of nitrogens with zero attached hydrogens (tertiary/aromatic N) is 3. The summed E-state index contributed by atoms with van der Waals surface area (Å²) in [4.78, 5) is 23.5. The van der Waals surface area contributed by atoms with Crippen LogP contribution in [-0.2, 0) is 4.74 Å². The smallest absolute Gasteiger partial charge is 0.213 e. The summed E-state index contributed by atoms with van der Waals surface area (Å²) in [6.45, 7) is 4.18. The molecule has 26 heavy (non-hydrogen) atoms. The van der Waals surface area contributed by atoms with Crippen molar-refractivity contribution in [3.63, 3.8) is 0 Å². The van der Waals surface area contributed by atoms with Crippen LogP contribution in [0.25, 0.3) is 11.0 Å². The molecular formula is C20H18FN3O2. The number of benzene rings is 2. The molecule has 0 bridgehead atoms. The van der Waals surface area contributed by atoms with Gasteiger partial charge in [-0.25, -0.2) is 14.4 Å². The Morgan fingerprint density at radius 2 is 1.77 bits per heavy atom. The predicted octanol–water partition coefficient (Wildman–Crippen LogP) is 3.14. The van der Waals surface area contributed by atoms with Gasteiger partial charge in [-0.1, -0.05) is 30.3 Å². The summed E-state index contributed by atoms with van der Waals surface area (Å²) in [6, 6.07) is 12.0. The number of hydrogen-bond acceptors (Lipinski definition) is 5. The zero-order valence-corrected chi connectivity index (χ0v) is 14.4. The molecule has 0 N–H and O–H groups in total. The molecule has 0 unspecified atom stereocenters. The maximum absolute atomic E-state index is 14.6. The van der Waals surface area contributed by atoms with E-state index in [2.05, 4.69) is 9.97 Å². The third-order valence-electron chi connectivity index (χ3n) is 4.51. The van der Waals surface area contributed by atoms with E-state index in [0.717, 1.165) is 0 Å². The average molecular weight is 351 g/mol. The minimum atomic E-state index is -0.365. The van der Waals surface area contributed by atoms with E-state index >= 15 is 0 Å². The van der Waals surface area contributed by atoms with E-state index in [9.17, 15) is 9.18 Å². The van der Waals surface area contributed by atoms with Crippen LogP contribution in [0.2, 0.25) is 0 Å². The second-order valence-corrected chi connectivity index (χ2v) is 6.24. The molecule has 1 saturated heterocycles. The van der Waals surface area contributed by atoms with Crippen molar-refractivity contribution in [1.82, 2.24) is 9.97 Å². The minimum absolute atomic E-state index is 0.213. The SMILES string of the molecule is Cc1nc2cc(N3CCOCC3)c(F)cc2nc1C(=O)c1ccccc1. The largest absolute Gasteiger partial charge is 0.378 e. The number of anilines is 1. The van der Waals surface area contributed by atoms with Gasteiger partial charge in [-0.3, -0.25) is 4.79 Å². The quantitative estimate of drug-likeness (QED) is 0.679. The Balaban J connectivity index is 1.76. The van der Waals surface area contributed by atoms with Crippen LogP contribution in [0.15, 0.2) is 42.5 Å². The van der Waals surface area contributed by atoms with E-state index in [-0.39, 0.29) is 17.3 Å². The number of aryl methyl sites for hydroxylation is 1. The molecule has 132 valence electrons. The molecule has 1 fully saturated rings. The predicted molar refractivity (Wildman–Crippen MR) is 97.1 cm³/mol. The van der Waals surface area contributed by atoms with Crippen molar-refractivity contribution < 1.29 is 13.9 Å². The van der Waals surface area contributed by atoms with E-state index in [1.807, 2.05) is 11.0 Å². The van der Waals surface area contributed by atoms with E-state index in [1.54, 1.807) is 37.3 Å². The highest BCUT2D eigenvalue weighted by Crippen LogP contribution is 2.26. The number of aromatic nitrogens is 2. The fraction of sp³-hybridized carbons (Fsp3) is 0.250. The van der Waals surface area contributed by atoms with Crippen LogP contribution < -0.4 is 4.90 Å². The van der Waals surface area contributed by atoms with Gasteiger partial charge in [0.25, 0.3) is 0 Å². The van der Waals surface area contributed by atoms with Crippen molar-refractivity contribution in [3.05, 3.63) is 65.2 Å². The van der Waals surface area contributed by atoms with Gasteiger partial charge in [0.1, 0.15) is 11.5 Å². The lowest BCUT2D eigenvalue weighted by atomic mass is 10.1. The Morgan fingerprint density at radius 1 is 1.08 bits per heavy atom. The highest BCUT2D eigenvalue weighted by atomic mass is 19.1. The summed E-state index contributed by atoms with van der Waals surface area (Å²) in [5.74, 6) is -0.578. The van der Waals surface area contributed by atoms with Crippen LogP contribution in [0, 0.1) is 12.7 Å². The molecule has 1 aliphatic rings. The van der Waals surface area contributed by atoms with Crippen molar-refractivity contribution >= 4 is 22.5 Å². The number of fused-ring (bicyclic) bond motifs is 1. The topological polar surface area (TPSA) is 55.3 Å². The first-order valence-electron chi connectivity index (χ1n) is 8.54. The molecule has 0 amide bonds. The molecule has 4 rings (SSSR count). The second-order valence-electron chi connectivity index (χ2n) is 6.24. The highest BCUT2D eigenvalue weighted by molar-refractivity contribution is 6.09. The van der Waals surface area contributed by atoms with Gasteiger partial charge in [0.2, 0.25) is 5.78 Å². The number of hydrogen-bond donors (Lipinski definition) is 0. The number of ketones is 1. The molecule has 0 aliphatic carbocycles. The molecule has 0 spiro atoms. The number of ether oxygens (including phenoxy) is 1. The Hall–Kier alpha value is -2.86. The number of rotatable bonds is 3. The Bertz CT molecular complexity index is 970. The Labute approximate surface area is 150 Å². The molecule has 1 aliphatic heterocycles. The van der Waals surface area contributed by atoms with Gasteiger partial charge in [0, 0.05) is 24.7 Å². The van der Waals surface area contributed by atoms with Crippen LogP contribution >= 0.6 is 0 Å². The van der Waals surface area contributed by atoms with Gasteiger partial charge in [0.15, 0.2) is 0 Å². The fourth-order valence-electron chi connectivity index (χ4n) is 3.14. The summed E-state index contributed by atoms with van der Waals surface area (Å²) in [7, 11) is 0. The zero-order valence-electron chi connectivity index (χ0n) is 14.4. The highest BCUT2D eigenvalue weighted by Gasteiger charge is 2.19. The monoisotopic (exact) mass is 351 g/mol. The summed E-state index contributed by atoms with van der Waals surface area (Å²) < 4.78 is 19.9. The Kier molecular flexibility index (Phi) is 4.34. The van der Waals surface area contributed by atoms with Crippen molar-refractivity contribution in [3.8, 4) is 0 Å².